The van der Waals surface area contributed by atoms with Crippen LogP contribution in [0.15, 0.2) is 50.4 Å². The third-order valence-electron chi connectivity index (χ3n) is 3.37. The maximum atomic E-state index is 12.3. The first kappa shape index (κ1) is 14.8. The second-order valence-electron chi connectivity index (χ2n) is 4.94. The van der Waals surface area contributed by atoms with Crippen molar-refractivity contribution < 1.29 is 13.9 Å². The van der Waals surface area contributed by atoms with Crippen LogP contribution >= 0.6 is 15.9 Å². The molecule has 114 valence electrons. The molecular formula is C15H13BrN2O4. The lowest BCUT2D eigenvalue weighted by molar-refractivity contribution is 0.0768. The summed E-state index contributed by atoms with van der Waals surface area (Å²) in [4.78, 5) is 29.0. The summed E-state index contributed by atoms with van der Waals surface area (Å²) in [5.74, 6) is 0.367. The zero-order chi connectivity index (χ0) is 15.5. The fraction of sp³-hybridized carbons (Fsp3) is 0.267. The van der Waals surface area contributed by atoms with Gasteiger partial charge in [-0.05, 0) is 28.1 Å². The highest BCUT2D eigenvalue weighted by molar-refractivity contribution is 9.10. The van der Waals surface area contributed by atoms with Crippen molar-refractivity contribution in [2.75, 3.05) is 13.1 Å². The Labute approximate surface area is 134 Å². The molecule has 3 heterocycles. The van der Waals surface area contributed by atoms with Crippen LogP contribution in [-0.4, -0.2) is 35.0 Å². The summed E-state index contributed by atoms with van der Waals surface area (Å²) in [5, 5.41) is 0. The third kappa shape index (κ3) is 3.36. The second kappa shape index (κ2) is 6.31. The predicted octanol–water partition coefficient (Wildman–Crippen LogP) is 2.09. The van der Waals surface area contributed by atoms with E-state index in [1.54, 1.807) is 17.2 Å². The molecule has 7 heteroatoms. The molecule has 6 nitrogen and oxygen atoms in total. The monoisotopic (exact) mass is 364 g/mol. The van der Waals surface area contributed by atoms with Crippen molar-refractivity contribution in [3.8, 4) is 5.88 Å². The Hall–Kier alpha value is -2.15. The molecule has 2 aromatic heterocycles. The summed E-state index contributed by atoms with van der Waals surface area (Å²) in [6, 6.07) is 6.34. The Morgan fingerprint density at radius 1 is 1.36 bits per heavy atom. The number of likely N-dealkylation sites (tertiary alicyclic amines) is 1. The van der Waals surface area contributed by atoms with E-state index in [4.69, 9.17) is 9.15 Å². The van der Waals surface area contributed by atoms with Crippen molar-refractivity contribution in [2.45, 2.75) is 12.5 Å². The summed E-state index contributed by atoms with van der Waals surface area (Å²) < 4.78 is 11.4. The zero-order valence-electron chi connectivity index (χ0n) is 11.6. The van der Waals surface area contributed by atoms with Crippen LogP contribution in [0.1, 0.15) is 16.8 Å². The van der Waals surface area contributed by atoms with E-state index in [-0.39, 0.29) is 12.0 Å². The number of rotatable bonds is 3. The van der Waals surface area contributed by atoms with Crippen molar-refractivity contribution in [3.63, 3.8) is 0 Å². The summed E-state index contributed by atoms with van der Waals surface area (Å²) >= 11 is 3.32. The van der Waals surface area contributed by atoms with E-state index in [1.807, 2.05) is 6.07 Å². The van der Waals surface area contributed by atoms with Gasteiger partial charge in [-0.1, -0.05) is 0 Å². The lowest BCUT2D eigenvalue weighted by atomic mass is 10.2. The second-order valence-corrected chi connectivity index (χ2v) is 5.85. The van der Waals surface area contributed by atoms with E-state index < -0.39 is 5.63 Å². The Bertz CT molecular complexity index is 709. The quantitative estimate of drug-likeness (QED) is 0.833. The van der Waals surface area contributed by atoms with Gasteiger partial charge in [0.25, 0.3) is 5.91 Å². The zero-order valence-corrected chi connectivity index (χ0v) is 13.2. The van der Waals surface area contributed by atoms with Gasteiger partial charge in [-0.25, -0.2) is 9.78 Å². The molecule has 1 amide bonds. The van der Waals surface area contributed by atoms with Crippen molar-refractivity contribution in [1.29, 1.82) is 0 Å². The highest BCUT2D eigenvalue weighted by Gasteiger charge is 2.28. The van der Waals surface area contributed by atoms with Crippen molar-refractivity contribution >= 4 is 21.8 Å². The van der Waals surface area contributed by atoms with Gasteiger partial charge in [0.15, 0.2) is 0 Å². The molecule has 0 spiro atoms. The van der Waals surface area contributed by atoms with Crippen LogP contribution in [0.25, 0.3) is 0 Å². The van der Waals surface area contributed by atoms with E-state index in [2.05, 4.69) is 20.9 Å². The maximum Gasteiger partial charge on any atom is 0.335 e. The van der Waals surface area contributed by atoms with E-state index in [1.165, 1.54) is 18.4 Å². The largest absolute Gasteiger partial charge is 0.472 e. The highest BCUT2D eigenvalue weighted by atomic mass is 79.9. The van der Waals surface area contributed by atoms with Crippen LogP contribution in [0.3, 0.4) is 0 Å². The van der Waals surface area contributed by atoms with Gasteiger partial charge >= 0.3 is 5.63 Å². The minimum atomic E-state index is -0.472. The van der Waals surface area contributed by atoms with Crippen LogP contribution in [0.5, 0.6) is 5.88 Å². The highest BCUT2D eigenvalue weighted by Crippen LogP contribution is 2.19. The van der Waals surface area contributed by atoms with Gasteiger partial charge in [-0.3, -0.25) is 4.79 Å². The number of hydrogen-bond acceptors (Lipinski definition) is 5. The lowest BCUT2D eigenvalue weighted by Crippen LogP contribution is -2.31. The Morgan fingerprint density at radius 2 is 2.23 bits per heavy atom. The Kier molecular flexibility index (Phi) is 4.24. The minimum Gasteiger partial charge on any atom is -0.472 e. The average Bonchev–Trinajstić information content (AvgIpc) is 2.98. The van der Waals surface area contributed by atoms with Gasteiger partial charge in [-0.2, -0.15) is 0 Å². The molecule has 0 saturated carbocycles. The minimum absolute atomic E-state index is 0.0895. The standard InChI is InChI=1S/C15H13BrN2O4/c16-11-2-3-13(17-7-11)22-12-5-6-18(8-12)15(20)10-1-4-14(19)21-9-10/h1-4,7,9,12H,5-6,8H2. The molecule has 0 N–H and O–H groups in total. The Morgan fingerprint density at radius 3 is 2.91 bits per heavy atom. The van der Waals surface area contributed by atoms with Crippen LogP contribution in [0, 0.1) is 0 Å². The first-order valence-electron chi connectivity index (χ1n) is 6.78. The molecule has 3 rings (SSSR count). The average molecular weight is 365 g/mol. The number of carbonyl (C=O) groups is 1. The van der Waals surface area contributed by atoms with E-state index in [0.29, 0.717) is 24.5 Å². The molecule has 1 saturated heterocycles. The maximum absolute atomic E-state index is 12.3. The topological polar surface area (TPSA) is 72.6 Å². The summed E-state index contributed by atoms with van der Waals surface area (Å²) in [6.07, 6.45) is 3.50. The normalized spacial score (nSPS) is 17.5. The van der Waals surface area contributed by atoms with E-state index in [9.17, 15) is 9.59 Å². The molecule has 22 heavy (non-hydrogen) atoms. The molecule has 1 aliphatic heterocycles. The molecule has 1 unspecified atom stereocenters. The van der Waals surface area contributed by atoms with Gasteiger partial charge in [0.2, 0.25) is 5.88 Å². The predicted molar refractivity (Wildman–Crippen MR) is 81.9 cm³/mol. The number of halogens is 1. The van der Waals surface area contributed by atoms with Gasteiger partial charge in [0.1, 0.15) is 12.4 Å². The van der Waals surface area contributed by atoms with Crippen molar-refractivity contribution in [3.05, 3.63) is 57.2 Å². The number of amides is 1. The smallest absolute Gasteiger partial charge is 0.335 e. The molecule has 1 fully saturated rings. The van der Waals surface area contributed by atoms with E-state index >= 15 is 0 Å². The number of carbonyl (C=O) groups excluding carboxylic acids is 1. The first-order chi connectivity index (χ1) is 10.6. The molecular weight excluding hydrogens is 352 g/mol. The van der Waals surface area contributed by atoms with Crippen molar-refractivity contribution in [2.24, 2.45) is 0 Å². The fourth-order valence-electron chi connectivity index (χ4n) is 2.27. The summed E-state index contributed by atoms with van der Waals surface area (Å²) in [5.41, 5.74) is -0.109. The van der Waals surface area contributed by atoms with Gasteiger partial charge in [-0.15, -0.1) is 0 Å². The first-order valence-corrected chi connectivity index (χ1v) is 7.57. The number of hydrogen-bond donors (Lipinski definition) is 0. The molecule has 0 bridgehead atoms. The van der Waals surface area contributed by atoms with Crippen molar-refractivity contribution in [1.82, 2.24) is 9.88 Å². The molecule has 0 radical (unpaired) electrons. The number of pyridine rings is 1. The molecule has 1 aliphatic rings. The molecule has 0 aromatic carbocycles. The van der Waals surface area contributed by atoms with Gasteiger partial charge < -0.3 is 14.1 Å². The van der Waals surface area contributed by atoms with Gasteiger partial charge in [0.05, 0.1) is 12.1 Å². The summed E-state index contributed by atoms with van der Waals surface area (Å²) in [7, 11) is 0. The Balaban J connectivity index is 1.62. The van der Waals surface area contributed by atoms with E-state index in [0.717, 1.165) is 10.9 Å². The van der Waals surface area contributed by atoms with Crippen LogP contribution in [0.4, 0.5) is 0 Å². The van der Waals surface area contributed by atoms with Gasteiger partial charge in [0, 0.05) is 35.8 Å². The molecule has 0 aliphatic carbocycles. The van der Waals surface area contributed by atoms with Crippen LogP contribution in [-0.2, 0) is 0 Å². The number of nitrogens with zero attached hydrogens (tertiary/aromatic N) is 2. The third-order valence-corrected chi connectivity index (χ3v) is 3.84. The van der Waals surface area contributed by atoms with Crippen LogP contribution < -0.4 is 10.4 Å². The fourth-order valence-corrected chi connectivity index (χ4v) is 2.51. The number of ether oxygens (including phenoxy) is 1. The SMILES string of the molecule is O=C(c1ccc(=O)oc1)N1CCC(Oc2ccc(Br)cn2)C1. The summed E-state index contributed by atoms with van der Waals surface area (Å²) in [6.45, 7) is 1.08. The van der Waals surface area contributed by atoms with Crippen LogP contribution in [0.2, 0.25) is 0 Å². The molecule has 2 aromatic rings. The number of aromatic nitrogens is 1. The molecule has 1 atom stereocenters. The lowest BCUT2D eigenvalue weighted by Gasteiger charge is -2.16.